The first-order valence-electron chi connectivity index (χ1n) is 8.32. The summed E-state index contributed by atoms with van der Waals surface area (Å²) in [5.41, 5.74) is 0.715. The second-order valence-electron chi connectivity index (χ2n) is 5.74. The molecule has 0 spiro atoms. The number of esters is 2. The van der Waals surface area contributed by atoms with E-state index in [1.54, 1.807) is 20.8 Å². The molecule has 1 heterocycles. The number of nitro benzene ring substituents is 1. The van der Waals surface area contributed by atoms with Crippen molar-refractivity contribution in [2.75, 3.05) is 18.5 Å². The number of aromatic nitrogens is 1. The zero-order chi connectivity index (χ0) is 20.8. The Hall–Kier alpha value is -3.69. The van der Waals surface area contributed by atoms with Gasteiger partial charge >= 0.3 is 11.9 Å². The summed E-state index contributed by atoms with van der Waals surface area (Å²) in [4.78, 5) is 49.3. The summed E-state index contributed by atoms with van der Waals surface area (Å²) in [5.74, 6) is -2.14. The van der Waals surface area contributed by atoms with Gasteiger partial charge in [0.2, 0.25) is 0 Å². The molecule has 0 saturated carbocycles. The van der Waals surface area contributed by atoms with Crippen LogP contribution in [0.4, 0.5) is 11.4 Å². The number of aryl methyl sites for hydroxylation is 1. The molecule has 28 heavy (non-hydrogen) atoms. The first-order chi connectivity index (χ1) is 13.3. The first kappa shape index (κ1) is 20.6. The fourth-order valence-electron chi connectivity index (χ4n) is 2.59. The van der Waals surface area contributed by atoms with Crippen LogP contribution in [0.3, 0.4) is 0 Å². The van der Waals surface area contributed by atoms with Crippen molar-refractivity contribution in [3.8, 4) is 0 Å². The van der Waals surface area contributed by atoms with Crippen molar-refractivity contribution in [1.29, 1.82) is 0 Å². The molecule has 0 unspecified atom stereocenters. The van der Waals surface area contributed by atoms with Gasteiger partial charge in [0.1, 0.15) is 11.4 Å². The quantitative estimate of drug-likeness (QED) is 0.421. The fourth-order valence-corrected chi connectivity index (χ4v) is 2.59. The minimum atomic E-state index is -0.806. The molecule has 2 aromatic rings. The molecule has 10 heteroatoms. The van der Waals surface area contributed by atoms with E-state index < -0.39 is 29.4 Å². The predicted octanol–water partition coefficient (Wildman–Crippen LogP) is 2.51. The zero-order valence-corrected chi connectivity index (χ0v) is 15.5. The SMILES string of the molecule is CCOC(=O)c1[nH]c(C)c(C(=O)OCC(=O)Nc2ccccc2[N+](=O)[O-])c1C. The Bertz CT molecular complexity index is 933. The average molecular weight is 389 g/mol. The van der Waals surface area contributed by atoms with Crippen LogP contribution in [-0.2, 0) is 14.3 Å². The number of carbonyl (C=O) groups excluding carboxylic acids is 3. The Balaban J connectivity index is 2.06. The van der Waals surface area contributed by atoms with E-state index in [0.29, 0.717) is 11.3 Å². The highest BCUT2D eigenvalue weighted by Gasteiger charge is 2.24. The Morgan fingerprint density at radius 2 is 1.82 bits per heavy atom. The first-order valence-corrected chi connectivity index (χ1v) is 8.32. The molecular formula is C18H19N3O7. The number of carbonyl (C=O) groups is 3. The van der Waals surface area contributed by atoms with Gasteiger partial charge in [0.25, 0.3) is 11.6 Å². The van der Waals surface area contributed by atoms with Gasteiger partial charge in [-0.05, 0) is 32.4 Å². The maximum absolute atomic E-state index is 12.3. The van der Waals surface area contributed by atoms with E-state index in [9.17, 15) is 24.5 Å². The van der Waals surface area contributed by atoms with E-state index in [4.69, 9.17) is 9.47 Å². The van der Waals surface area contributed by atoms with Crippen molar-refractivity contribution in [3.63, 3.8) is 0 Å². The lowest BCUT2D eigenvalue weighted by Gasteiger charge is -2.07. The molecule has 0 aliphatic heterocycles. The third-order valence-electron chi connectivity index (χ3n) is 3.83. The van der Waals surface area contributed by atoms with E-state index in [1.807, 2.05) is 0 Å². The van der Waals surface area contributed by atoms with Gasteiger partial charge in [0.15, 0.2) is 6.61 Å². The molecule has 0 bridgehead atoms. The van der Waals surface area contributed by atoms with Crippen molar-refractivity contribution in [3.05, 3.63) is 56.9 Å². The van der Waals surface area contributed by atoms with Crippen LogP contribution < -0.4 is 5.32 Å². The maximum atomic E-state index is 12.3. The normalized spacial score (nSPS) is 10.2. The van der Waals surface area contributed by atoms with E-state index in [0.717, 1.165) is 0 Å². The van der Waals surface area contributed by atoms with E-state index in [-0.39, 0.29) is 29.2 Å². The molecule has 0 fully saturated rings. The number of amides is 1. The van der Waals surface area contributed by atoms with E-state index in [1.165, 1.54) is 24.3 Å². The summed E-state index contributed by atoms with van der Waals surface area (Å²) in [5, 5.41) is 13.3. The third-order valence-corrected chi connectivity index (χ3v) is 3.83. The van der Waals surface area contributed by atoms with Crippen molar-refractivity contribution in [2.24, 2.45) is 0 Å². The lowest BCUT2D eigenvalue weighted by molar-refractivity contribution is -0.383. The second-order valence-corrected chi connectivity index (χ2v) is 5.74. The summed E-state index contributed by atoms with van der Waals surface area (Å²) in [7, 11) is 0. The van der Waals surface area contributed by atoms with Crippen LogP contribution in [-0.4, -0.2) is 41.0 Å². The smallest absolute Gasteiger partial charge is 0.355 e. The Morgan fingerprint density at radius 3 is 2.46 bits per heavy atom. The van der Waals surface area contributed by atoms with Gasteiger partial charge in [-0.2, -0.15) is 0 Å². The lowest BCUT2D eigenvalue weighted by atomic mass is 10.1. The van der Waals surface area contributed by atoms with Crippen LogP contribution in [0, 0.1) is 24.0 Å². The number of ether oxygens (including phenoxy) is 2. The highest BCUT2D eigenvalue weighted by molar-refractivity contribution is 6.00. The number of hydrogen-bond acceptors (Lipinski definition) is 7. The Morgan fingerprint density at radius 1 is 1.14 bits per heavy atom. The molecule has 2 rings (SSSR count). The van der Waals surface area contributed by atoms with Crippen molar-refractivity contribution < 1.29 is 28.8 Å². The van der Waals surface area contributed by atoms with Crippen molar-refractivity contribution >= 4 is 29.2 Å². The molecule has 0 radical (unpaired) electrons. The average Bonchev–Trinajstić information content (AvgIpc) is 2.94. The van der Waals surface area contributed by atoms with Gasteiger partial charge in [0, 0.05) is 11.8 Å². The van der Waals surface area contributed by atoms with Crippen LogP contribution in [0.15, 0.2) is 24.3 Å². The molecule has 0 aliphatic carbocycles. The number of nitrogens with one attached hydrogen (secondary N) is 2. The van der Waals surface area contributed by atoms with Crippen molar-refractivity contribution in [1.82, 2.24) is 4.98 Å². The standard InChI is InChI=1S/C18H19N3O7/c1-4-27-18(24)16-10(2)15(11(3)19-16)17(23)28-9-14(22)20-12-7-5-6-8-13(12)21(25)26/h5-8,19H,4,9H2,1-3H3,(H,20,22). The largest absolute Gasteiger partial charge is 0.461 e. The van der Waals surface area contributed by atoms with E-state index in [2.05, 4.69) is 10.3 Å². The number of aromatic amines is 1. The molecule has 0 atom stereocenters. The molecule has 0 aliphatic rings. The number of rotatable bonds is 7. The number of H-pyrrole nitrogens is 1. The minimum absolute atomic E-state index is 0.00727. The molecule has 0 saturated heterocycles. The summed E-state index contributed by atoms with van der Waals surface area (Å²) < 4.78 is 9.89. The number of benzene rings is 1. The Labute approximate surface area is 160 Å². The second kappa shape index (κ2) is 8.80. The van der Waals surface area contributed by atoms with Gasteiger partial charge in [-0.1, -0.05) is 12.1 Å². The molecule has 2 N–H and O–H groups in total. The van der Waals surface area contributed by atoms with Crippen LogP contribution in [0.5, 0.6) is 0 Å². The van der Waals surface area contributed by atoms with Crippen LogP contribution >= 0.6 is 0 Å². The Kier molecular flexibility index (Phi) is 6.48. The highest BCUT2D eigenvalue weighted by atomic mass is 16.6. The lowest BCUT2D eigenvalue weighted by Crippen LogP contribution is -2.21. The number of hydrogen-bond donors (Lipinski definition) is 2. The van der Waals surface area contributed by atoms with Gasteiger partial charge in [0.05, 0.1) is 17.1 Å². The van der Waals surface area contributed by atoms with Gasteiger partial charge in [-0.3, -0.25) is 14.9 Å². The molecular weight excluding hydrogens is 370 g/mol. The topological polar surface area (TPSA) is 141 Å². The summed E-state index contributed by atoms with van der Waals surface area (Å²) in [6, 6.07) is 5.60. The van der Waals surface area contributed by atoms with Crippen LogP contribution in [0.1, 0.15) is 39.0 Å². The molecule has 1 aromatic heterocycles. The molecule has 10 nitrogen and oxygen atoms in total. The molecule has 1 aromatic carbocycles. The number of nitro groups is 1. The number of anilines is 1. The predicted molar refractivity (Wildman–Crippen MR) is 98.2 cm³/mol. The summed E-state index contributed by atoms with van der Waals surface area (Å²) in [6.07, 6.45) is 0. The van der Waals surface area contributed by atoms with Crippen molar-refractivity contribution in [2.45, 2.75) is 20.8 Å². The maximum Gasteiger partial charge on any atom is 0.355 e. The van der Waals surface area contributed by atoms with Gasteiger partial charge in [-0.15, -0.1) is 0 Å². The fraction of sp³-hybridized carbons (Fsp3) is 0.278. The number of nitrogens with zero attached hydrogens (tertiary/aromatic N) is 1. The van der Waals surface area contributed by atoms with Gasteiger partial charge in [-0.25, -0.2) is 9.59 Å². The minimum Gasteiger partial charge on any atom is -0.461 e. The monoisotopic (exact) mass is 389 g/mol. The molecule has 148 valence electrons. The third kappa shape index (κ3) is 4.53. The molecule has 1 amide bonds. The number of para-hydroxylation sites is 2. The highest BCUT2D eigenvalue weighted by Crippen LogP contribution is 2.23. The van der Waals surface area contributed by atoms with Gasteiger partial charge < -0.3 is 19.8 Å². The van der Waals surface area contributed by atoms with Crippen LogP contribution in [0.25, 0.3) is 0 Å². The van der Waals surface area contributed by atoms with E-state index >= 15 is 0 Å². The zero-order valence-electron chi connectivity index (χ0n) is 15.5. The summed E-state index contributed by atoms with van der Waals surface area (Å²) in [6.45, 7) is 4.33. The summed E-state index contributed by atoms with van der Waals surface area (Å²) >= 11 is 0. The van der Waals surface area contributed by atoms with Crippen LogP contribution in [0.2, 0.25) is 0 Å².